The summed E-state index contributed by atoms with van der Waals surface area (Å²) >= 11 is 1.50. The SMILES string of the molecule is CSc1ccccc1NC(=O)CN(C)C(=O)COC(=O)c1cc[n+]([O-])cc1. The van der Waals surface area contributed by atoms with Gasteiger partial charge in [-0.1, -0.05) is 12.1 Å². The molecule has 2 aromatic rings. The zero-order valence-electron chi connectivity index (χ0n) is 14.9. The lowest BCUT2D eigenvalue weighted by atomic mass is 10.3. The lowest BCUT2D eigenvalue weighted by molar-refractivity contribution is -0.605. The highest BCUT2D eigenvalue weighted by molar-refractivity contribution is 7.98. The summed E-state index contributed by atoms with van der Waals surface area (Å²) in [6, 6.07) is 9.92. The van der Waals surface area contributed by atoms with Crippen molar-refractivity contribution >= 4 is 35.2 Å². The molecule has 0 bridgehead atoms. The fourth-order valence-corrected chi connectivity index (χ4v) is 2.66. The molecule has 9 heteroatoms. The highest BCUT2D eigenvalue weighted by Crippen LogP contribution is 2.24. The van der Waals surface area contributed by atoms with Gasteiger partial charge in [0.1, 0.15) is 0 Å². The number of nitrogens with one attached hydrogen (secondary N) is 1. The second-order valence-corrected chi connectivity index (χ2v) is 6.37. The molecule has 27 heavy (non-hydrogen) atoms. The van der Waals surface area contributed by atoms with Gasteiger partial charge in [0.25, 0.3) is 5.91 Å². The molecule has 0 aliphatic rings. The molecule has 1 aromatic carbocycles. The number of amides is 2. The number of esters is 1. The van der Waals surface area contributed by atoms with Crippen molar-refractivity contribution in [2.45, 2.75) is 4.90 Å². The van der Waals surface area contributed by atoms with Crippen molar-refractivity contribution in [3.8, 4) is 0 Å². The van der Waals surface area contributed by atoms with E-state index in [9.17, 15) is 19.6 Å². The molecular weight excluding hydrogens is 370 g/mol. The van der Waals surface area contributed by atoms with E-state index in [1.165, 1.54) is 35.8 Å². The van der Waals surface area contributed by atoms with Crippen LogP contribution < -0.4 is 10.0 Å². The molecule has 1 heterocycles. The van der Waals surface area contributed by atoms with Gasteiger partial charge in [-0.15, -0.1) is 11.8 Å². The number of rotatable bonds is 7. The van der Waals surface area contributed by atoms with Crippen LogP contribution in [-0.4, -0.2) is 49.1 Å². The average molecular weight is 389 g/mol. The van der Waals surface area contributed by atoms with Crippen LogP contribution in [0.25, 0.3) is 0 Å². The third-order valence-corrected chi connectivity index (χ3v) is 4.35. The lowest BCUT2D eigenvalue weighted by Gasteiger charge is -2.17. The van der Waals surface area contributed by atoms with Crippen molar-refractivity contribution in [3.05, 3.63) is 59.6 Å². The Morgan fingerprint density at radius 2 is 1.85 bits per heavy atom. The molecule has 0 saturated carbocycles. The summed E-state index contributed by atoms with van der Waals surface area (Å²) in [6.07, 6.45) is 4.21. The minimum atomic E-state index is -0.726. The third kappa shape index (κ3) is 6.00. The van der Waals surface area contributed by atoms with Gasteiger partial charge in [0.15, 0.2) is 19.0 Å². The summed E-state index contributed by atoms with van der Waals surface area (Å²) in [6.45, 7) is -0.684. The number of anilines is 1. The van der Waals surface area contributed by atoms with E-state index in [4.69, 9.17) is 4.74 Å². The fraction of sp³-hybridized carbons (Fsp3) is 0.222. The second-order valence-electron chi connectivity index (χ2n) is 5.52. The van der Waals surface area contributed by atoms with E-state index in [2.05, 4.69) is 5.32 Å². The predicted octanol–water partition coefficient (Wildman–Crippen LogP) is 1.30. The Morgan fingerprint density at radius 1 is 1.19 bits per heavy atom. The molecule has 0 aliphatic heterocycles. The number of nitrogens with zero attached hydrogens (tertiary/aromatic N) is 2. The molecule has 2 amide bonds. The van der Waals surface area contributed by atoms with E-state index in [0.717, 1.165) is 17.3 Å². The van der Waals surface area contributed by atoms with Gasteiger partial charge < -0.3 is 20.2 Å². The van der Waals surface area contributed by atoms with Crippen molar-refractivity contribution in [2.75, 3.05) is 31.8 Å². The van der Waals surface area contributed by atoms with Crippen LogP contribution in [0.3, 0.4) is 0 Å². The van der Waals surface area contributed by atoms with E-state index >= 15 is 0 Å². The number of likely N-dealkylation sites (N-methyl/N-ethyl adjacent to an activating group) is 1. The Labute approximate surface area is 160 Å². The molecule has 0 radical (unpaired) electrons. The Bertz CT molecular complexity index is 826. The van der Waals surface area contributed by atoms with Crippen molar-refractivity contribution < 1.29 is 23.9 Å². The summed E-state index contributed by atoms with van der Waals surface area (Å²) in [4.78, 5) is 38.1. The van der Waals surface area contributed by atoms with E-state index in [1.54, 1.807) is 6.07 Å². The summed E-state index contributed by atoms with van der Waals surface area (Å²) in [5.74, 6) is -1.61. The van der Waals surface area contributed by atoms with Gasteiger partial charge in [-0.2, -0.15) is 4.73 Å². The topological polar surface area (TPSA) is 103 Å². The highest BCUT2D eigenvalue weighted by Gasteiger charge is 2.17. The molecular formula is C18H19N3O5S. The summed E-state index contributed by atoms with van der Waals surface area (Å²) in [5, 5.41) is 13.7. The van der Waals surface area contributed by atoms with Crippen molar-refractivity contribution in [3.63, 3.8) is 0 Å². The lowest BCUT2D eigenvalue weighted by Crippen LogP contribution is -2.37. The minimum Gasteiger partial charge on any atom is -0.619 e. The molecule has 142 valence electrons. The minimum absolute atomic E-state index is 0.156. The first-order chi connectivity index (χ1) is 12.9. The first kappa shape index (κ1) is 20.2. The van der Waals surface area contributed by atoms with Gasteiger partial charge in [0.05, 0.1) is 17.8 Å². The molecule has 1 N–H and O–H groups in total. The number of pyridine rings is 1. The first-order valence-corrected chi connectivity index (χ1v) is 9.16. The predicted molar refractivity (Wildman–Crippen MR) is 100 cm³/mol. The maximum atomic E-state index is 12.1. The molecule has 0 unspecified atom stereocenters. The number of carbonyl (C=O) groups is 3. The maximum Gasteiger partial charge on any atom is 0.339 e. The van der Waals surface area contributed by atoms with Crippen LogP contribution in [0.15, 0.2) is 53.7 Å². The molecule has 0 atom stereocenters. The van der Waals surface area contributed by atoms with Gasteiger partial charge in [-0.05, 0) is 18.4 Å². The van der Waals surface area contributed by atoms with Crippen LogP contribution >= 0.6 is 11.8 Å². The summed E-state index contributed by atoms with van der Waals surface area (Å²) in [7, 11) is 1.44. The van der Waals surface area contributed by atoms with Crippen LogP contribution in [0.5, 0.6) is 0 Å². The molecule has 0 aliphatic carbocycles. The Morgan fingerprint density at radius 3 is 2.52 bits per heavy atom. The largest absolute Gasteiger partial charge is 0.619 e. The molecule has 1 aromatic heterocycles. The average Bonchev–Trinajstić information content (AvgIpc) is 2.66. The quantitative estimate of drug-likeness (QED) is 0.331. The Hall–Kier alpha value is -3.07. The van der Waals surface area contributed by atoms with E-state index in [0.29, 0.717) is 10.4 Å². The van der Waals surface area contributed by atoms with E-state index < -0.39 is 18.5 Å². The molecule has 0 saturated heterocycles. The number of ether oxygens (including phenoxy) is 1. The summed E-state index contributed by atoms with van der Waals surface area (Å²) in [5.41, 5.74) is 0.825. The molecule has 0 spiro atoms. The van der Waals surface area contributed by atoms with Gasteiger partial charge >= 0.3 is 5.97 Å². The number of carbonyl (C=O) groups excluding carboxylic acids is 3. The Balaban J connectivity index is 1.83. The molecule has 0 fully saturated rings. The number of benzene rings is 1. The third-order valence-electron chi connectivity index (χ3n) is 3.55. The smallest absolute Gasteiger partial charge is 0.339 e. The Kier molecular flexibility index (Phi) is 7.18. The van der Waals surface area contributed by atoms with Crippen molar-refractivity contribution in [2.24, 2.45) is 0 Å². The molecule has 2 rings (SSSR count). The van der Waals surface area contributed by atoms with Gasteiger partial charge in [0.2, 0.25) is 5.91 Å². The first-order valence-electron chi connectivity index (χ1n) is 7.93. The van der Waals surface area contributed by atoms with Crippen LogP contribution in [-0.2, 0) is 14.3 Å². The van der Waals surface area contributed by atoms with Crippen molar-refractivity contribution in [1.82, 2.24) is 4.90 Å². The number of aromatic nitrogens is 1. The van der Waals surface area contributed by atoms with E-state index in [-0.39, 0.29) is 18.0 Å². The fourth-order valence-electron chi connectivity index (χ4n) is 2.11. The second kappa shape index (κ2) is 9.58. The van der Waals surface area contributed by atoms with Crippen LogP contribution in [0.1, 0.15) is 10.4 Å². The maximum absolute atomic E-state index is 12.1. The standard InChI is InChI=1S/C18H19N3O5S/c1-20(11-16(22)19-14-5-3-4-6-15(14)27-2)17(23)12-26-18(24)13-7-9-21(25)10-8-13/h3-10H,11-12H2,1-2H3,(H,19,22). The number of thioether (sulfide) groups is 1. The van der Waals surface area contributed by atoms with Crippen LogP contribution in [0, 0.1) is 5.21 Å². The van der Waals surface area contributed by atoms with Crippen LogP contribution in [0.4, 0.5) is 5.69 Å². The highest BCUT2D eigenvalue weighted by atomic mass is 32.2. The zero-order chi connectivity index (χ0) is 19.8. The van der Waals surface area contributed by atoms with Gasteiger partial charge in [-0.3, -0.25) is 9.59 Å². The number of hydrogen-bond acceptors (Lipinski definition) is 6. The zero-order valence-corrected chi connectivity index (χ0v) is 15.7. The van der Waals surface area contributed by atoms with Crippen LogP contribution in [0.2, 0.25) is 0 Å². The van der Waals surface area contributed by atoms with Crippen molar-refractivity contribution in [1.29, 1.82) is 0 Å². The number of para-hydroxylation sites is 1. The van der Waals surface area contributed by atoms with E-state index in [1.807, 2.05) is 24.5 Å². The van der Waals surface area contributed by atoms with Gasteiger partial charge in [-0.25, -0.2) is 4.79 Å². The van der Waals surface area contributed by atoms with Gasteiger partial charge in [0, 0.05) is 24.1 Å². The summed E-state index contributed by atoms with van der Waals surface area (Å²) < 4.78 is 5.44. The number of hydrogen-bond donors (Lipinski definition) is 1. The normalized spacial score (nSPS) is 10.1. The monoisotopic (exact) mass is 389 g/mol. The molecule has 8 nitrogen and oxygen atoms in total.